The van der Waals surface area contributed by atoms with Crippen molar-refractivity contribution in [1.82, 2.24) is 4.31 Å². The first-order valence-corrected chi connectivity index (χ1v) is 8.78. The summed E-state index contributed by atoms with van der Waals surface area (Å²) in [5, 5.41) is 2.53. The van der Waals surface area contributed by atoms with Crippen LogP contribution in [0.25, 0.3) is 0 Å². The van der Waals surface area contributed by atoms with E-state index in [0.29, 0.717) is 11.3 Å². The van der Waals surface area contributed by atoms with Gasteiger partial charge < -0.3 is 5.32 Å². The van der Waals surface area contributed by atoms with Gasteiger partial charge in [0.05, 0.1) is 16.3 Å². The van der Waals surface area contributed by atoms with Gasteiger partial charge in [-0.25, -0.2) is 17.1 Å². The third-order valence-electron chi connectivity index (χ3n) is 3.27. The number of carbonyl (C=O) groups excluding carboxylic acids is 1. The van der Waals surface area contributed by atoms with Crippen molar-refractivity contribution in [3.05, 3.63) is 58.9 Å². The second-order valence-electron chi connectivity index (χ2n) is 5.29. The van der Waals surface area contributed by atoms with Crippen molar-refractivity contribution in [2.45, 2.75) is 11.3 Å². The van der Waals surface area contributed by atoms with Gasteiger partial charge >= 0.3 is 0 Å². The van der Waals surface area contributed by atoms with Crippen LogP contribution in [0.15, 0.2) is 47.4 Å². The van der Waals surface area contributed by atoms with E-state index in [0.717, 1.165) is 4.31 Å². The minimum Gasteiger partial charge on any atom is -0.326 e. The van der Waals surface area contributed by atoms with E-state index in [1.807, 2.05) is 0 Å². The molecule has 0 aliphatic carbocycles. The molecular formula is C16H16ClFN2O3S. The normalized spacial score (nSPS) is 11.5. The molecule has 8 heteroatoms. The highest BCUT2D eigenvalue weighted by Gasteiger charge is 2.16. The van der Waals surface area contributed by atoms with Crippen LogP contribution in [-0.2, 0) is 21.2 Å². The van der Waals surface area contributed by atoms with Crippen molar-refractivity contribution in [2.75, 3.05) is 19.4 Å². The van der Waals surface area contributed by atoms with E-state index in [4.69, 9.17) is 11.6 Å². The summed E-state index contributed by atoms with van der Waals surface area (Å²) in [6.45, 7) is 0. The highest BCUT2D eigenvalue weighted by Crippen LogP contribution is 2.20. The molecule has 0 heterocycles. The van der Waals surface area contributed by atoms with Crippen molar-refractivity contribution in [3.63, 3.8) is 0 Å². The minimum absolute atomic E-state index is 0.0529. The van der Waals surface area contributed by atoms with Gasteiger partial charge in [0.25, 0.3) is 0 Å². The van der Waals surface area contributed by atoms with E-state index in [2.05, 4.69) is 5.32 Å². The summed E-state index contributed by atoms with van der Waals surface area (Å²) in [4.78, 5) is 12.1. The molecule has 0 aromatic heterocycles. The Labute approximate surface area is 145 Å². The molecule has 0 spiro atoms. The van der Waals surface area contributed by atoms with Crippen molar-refractivity contribution in [2.24, 2.45) is 0 Å². The Bertz CT molecular complexity index is 852. The number of amides is 1. The van der Waals surface area contributed by atoms with Gasteiger partial charge in [0.2, 0.25) is 15.9 Å². The second-order valence-corrected chi connectivity index (χ2v) is 7.84. The van der Waals surface area contributed by atoms with Crippen LogP contribution in [0.4, 0.5) is 10.1 Å². The number of carbonyl (C=O) groups is 1. The molecule has 0 unspecified atom stereocenters. The molecule has 0 saturated carbocycles. The van der Waals surface area contributed by atoms with Crippen LogP contribution in [0.2, 0.25) is 5.02 Å². The summed E-state index contributed by atoms with van der Waals surface area (Å²) in [6.07, 6.45) is 0.0529. The Morgan fingerprint density at radius 3 is 2.33 bits per heavy atom. The van der Waals surface area contributed by atoms with Gasteiger partial charge in [-0.3, -0.25) is 4.79 Å². The van der Waals surface area contributed by atoms with Crippen molar-refractivity contribution >= 4 is 33.2 Å². The fourth-order valence-electron chi connectivity index (χ4n) is 1.95. The summed E-state index contributed by atoms with van der Waals surface area (Å²) in [6, 6.07) is 9.95. The van der Waals surface area contributed by atoms with Crippen molar-refractivity contribution < 1.29 is 17.6 Å². The molecule has 24 heavy (non-hydrogen) atoms. The molecule has 2 aromatic rings. The molecule has 5 nitrogen and oxygen atoms in total. The van der Waals surface area contributed by atoms with Gasteiger partial charge in [0.1, 0.15) is 5.82 Å². The van der Waals surface area contributed by atoms with E-state index >= 15 is 0 Å². The molecular weight excluding hydrogens is 355 g/mol. The van der Waals surface area contributed by atoms with Crippen LogP contribution in [-0.4, -0.2) is 32.7 Å². The molecule has 0 aliphatic heterocycles. The number of rotatable bonds is 5. The lowest BCUT2D eigenvalue weighted by molar-refractivity contribution is -0.115. The average Bonchev–Trinajstić information content (AvgIpc) is 2.51. The zero-order valence-corrected chi connectivity index (χ0v) is 14.7. The lowest BCUT2D eigenvalue weighted by atomic mass is 10.1. The van der Waals surface area contributed by atoms with Gasteiger partial charge in [-0.05, 0) is 35.9 Å². The average molecular weight is 371 g/mol. The van der Waals surface area contributed by atoms with Crippen LogP contribution in [0.5, 0.6) is 0 Å². The second kappa shape index (κ2) is 7.29. The van der Waals surface area contributed by atoms with Crippen LogP contribution >= 0.6 is 11.6 Å². The summed E-state index contributed by atoms with van der Waals surface area (Å²) in [5.74, 6) is -0.881. The zero-order chi connectivity index (χ0) is 17.9. The SMILES string of the molecule is CN(C)S(=O)(=O)c1ccc(CC(=O)Nc2ccc(F)c(Cl)c2)cc1. The number of sulfonamides is 1. The number of nitrogens with one attached hydrogen (secondary N) is 1. The van der Waals surface area contributed by atoms with Gasteiger partial charge in [-0.1, -0.05) is 23.7 Å². The Morgan fingerprint density at radius 2 is 1.79 bits per heavy atom. The summed E-state index contributed by atoms with van der Waals surface area (Å²) in [5.41, 5.74) is 1.04. The molecule has 1 amide bonds. The molecule has 0 radical (unpaired) electrons. The van der Waals surface area contributed by atoms with E-state index in [1.165, 1.54) is 44.4 Å². The molecule has 0 aliphatic rings. The van der Waals surface area contributed by atoms with Crippen LogP contribution in [0, 0.1) is 5.82 Å². The van der Waals surface area contributed by atoms with Gasteiger partial charge in [-0.15, -0.1) is 0 Å². The molecule has 2 aromatic carbocycles. The molecule has 2 rings (SSSR count). The fraction of sp³-hybridized carbons (Fsp3) is 0.188. The lowest BCUT2D eigenvalue weighted by Crippen LogP contribution is -2.22. The third kappa shape index (κ3) is 4.31. The van der Waals surface area contributed by atoms with E-state index < -0.39 is 15.8 Å². The Balaban J connectivity index is 2.05. The molecule has 1 N–H and O–H groups in total. The number of nitrogens with zero attached hydrogens (tertiary/aromatic N) is 1. The molecule has 0 atom stereocenters. The lowest BCUT2D eigenvalue weighted by Gasteiger charge is -2.11. The summed E-state index contributed by atoms with van der Waals surface area (Å²) < 4.78 is 38.1. The quantitative estimate of drug-likeness (QED) is 0.880. The van der Waals surface area contributed by atoms with E-state index in [1.54, 1.807) is 12.1 Å². The van der Waals surface area contributed by atoms with Crippen LogP contribution < -0.4 is 5.32 Å². The minimum atomic E-state index is -3.50. The number of benzene rings is 2. The first-order chi connectivity index (χ1) is 11.2. The maximum atomic E-state index is 13.1. The zero-order valence-electron chi connectivity index (χ0n) is 13.1. The highest BCUT2D eigenvalue weighted by molar-refractivity contribution is 7.89. The molecule has 0 saturated heterocycles. The van der Waals surface area contributed by atoms with Gasteiger partial charge in [0, 0.05) is 19.8 Å². The van der Waals surface area contributed by atoms with Gasteiger partial charge in [0.15, 0.2) is 0 Å². The standard InChI is InChI=1S/C16H16ClFN2O3S/c1-20(2)24(22,23)13-6-3-11(4-7-13)9-16(21)19-12-5-8-15(18)14(17)10-12/h3-8,10H,9H2,1-2H3,(H,19,21). The molecule has 0 bridgehead atoms. The predicted molar refractivity (Wildman–Crippen MR) is 91.1 cm³/mol. The van der Waals surface area contributed by atoms with Crippen LogP contribution in [0.1, 0.15) is 5.56 Å². The van der Waals surface area contributed by atoms with Crippen molar-refractivity contribution in [3.8, 4) is 0 Å². The summed E-state index contributed by atoms with van der Waals surface area (Å²) in [7, 11) is -0.599. The number of hydrogen-bond donors (Lipinski definition) is 1. The van der Waals surface area contributed by atoms with Crippen LogP contribution in [0.3, 0.4) is 0 Å². The Hall–Kier alpha value is -1.96. The topological polar surface area (TPSA) is 66.5 Å². The highest BCUT2D eigenvalue weighted by atomic mass is 35.5. The number of anilines is 1. The first-order valence-electron chi connectivity index (χ1n) is 6.96. The largest absolute Gasteiger partial charge is 0.326 e. The predicted octanol–water partition coefficient (Wildman–Crippen LogP) is 2.91. The number of hydrogen-bond acceptors (Lipinski definition) is 3. The monoisotopic (exact) mass is 370 g/mol. The van der Waals surface area contributed by atoms with Gasteiger partial charge in [-0.2, -0.15) is 0 Å². The third-order valence-corrected chi connectivity index (χ3v) is 5.39. The van der Waals surface area contributed by atoms with Crippen molar-refractivity contribution in [1.29, 1.82) is 0 Å². The Kier molecular flexibility index (Phi) is 5.58. The first kappa shape index (κ1) is 18.4. The molecule has 0 fully saturated rings. The molecule has 128 valence electrons. The maximum Gasteiger partial charge on any atom is 0.242 e. The summed E-state index contributed by atoms with van der Waals surface area (Å²) >= 11 is 5.66. The van der Waals surface area contributed by atoms with E-state index in [9.17, 15) is 17.6 Å². The smallest absolute Gasteiger partial charge is 0.242 e. The maximum absolute atomic E-state index is 13.1. The van der Waals surface area contributed by atoms with E-state index in [-0.39, 0.29) is 22.2 Å². The number of halogens is 2. The Morgan fingerprint density at radius 1 is 1.17 bits per heavy atom. The fourth-order valence-corrected chi connectivity index (χ4v) is 3.04.